The lowest BCUT2D eigenvalue weighted by atomic mass is 10.2. The van der Waals surface area contributed by atoms with E-state index >= 15 is 0 Å². The minimum Gasteiger partial charge on any atom is -0.478 e. The summed E-state index contributed by atoms with van der Waals surface area (Å²) in [6, 6.07) is 0.475. The largest absolute Gasteiger partial charge is 0.478 e. The van der Waals surface area contributed by atoms with Crippen LogP contribution in [-0.4, -0.2) is 16.0 Å². The maximum Gasteiger partial charge on any atom is 0.339 e. The molecule has 0 spiro atoms. The van der Waals surface area contributed by atoms with Gasteiger partial charge in [0.2, 0.25) is 0 Å². The molecule has 15 heavy (non-hydrogen) atoms. The van der Waals surface area contributed by atoms with Gasteiger partial charge in [-0.05, 0) is 0 Å². The van der Waals surface area contributed by atoms with Gasteiger partial charge in [0.25, 0.3) is 5.69 Å². The van der Waals surface area contributed by atoms with Gasteiger partial charge < -0.3 is 5.11 Å². The molecule has 1 aromatic carbocycles. The van der Waals surface area contributed by atoms with E-state index in [-0.39, 0.29) is 0 Å². The van der Waals surface area contributed by atoms with E-state index in [0.29, 0.717) is 6.07 Å². The molecule has 80 valence electrons. The number of carbonyl (C=O) groups is 1. The van der Waals surface area contributed by atoms with Crippen molar-refractivity contribution in [2.45, 2.75) is 0 Å². The molecule has 0 saturated carbocycles. The zero-order chi connectivity index (χ0) is 11.7. The van der Waals surface area contributed by atoms with Crippen LogP contribution in [0.5, 0.6) is 0 Å². The Balaban J connectivity index is 3.59. The lowest BCUT2D eigenvalue weighted by Gasteiger charge is -2.02. The third-order valence-electron chi connectivity index (χ3n) is 1.65. The van der Waals surface area contributed by atoms with Crippen LogP contribution in [0.2, 0.25) is 0 Å². The molecule has 0 aliphatic rings. The monoisotopic (exact) mass is 235 g/mol. The fourth-order valence-electron chi connectivity index (χ4n) is 0.933. The van der Waals surface area contributed by atoms with Gasteiger partial charge >= 0.3 is 5.97 Å². The molecule has 0 aliphatic carbocycles. The minimum atomic E-state index is -1.76. The van der Waals surface area contributed by atoms with E-state index in [2.05, 4.69) is 0 Å². The van der Waals surface area contributed by atoms with Crippen molar-refractivity contribution in [2.75, 3.05) is 0 Å². The van der Waals surface area contributed by atoms with Gasteiger partial charge in [0.1, 0.15) is 5.56 Å². The summed E-state index contributed by atoms with van der Waals surface area (Å²) in [5, 5.41) is 18.2. The van der Waals surface area contributed by atoms with Crippen LogP contribution in [0.4, 0.5) is 14.5 Å². The van der Waals surface area contributed by atoms with Crippen LogP contribution < -0.4 is 5.30 Å². The Morgan fingerprint density at radius 3 is 2.40 bits per heavy atom. The second-order valence-electron chi connectivity index (χ2n) is 2.55. The van der Waals surface area contributed by atoms with Crippen molar-refractivity contribution in [3.8, 4) is 0 Å². The molecule has 1 rings (SSSR count). The average molecular weight is 235 g/mol. The lowest BCUT2D eigenvalue weighted by Crippen LogP contribution is -2.14. The summed E-state index contributed by atoms with van der Waals surface area (Å²) in [7, 11) is 1.65. The predicted molar refractivity (Wildman–Crippen MR) is 49.3 cm³/mol. The van der Waals surface area contributed by atoms with Gasteiger partial charge in [-0.3, -0.25) is 10.1 Å². The summed E-state index contributed by atoms with van der Waals surface area (Å²) in [6.07, 6.45) is 0. The quantitative estimate of drug-likeness (QED) is 0.472. The lowest BCUT2D eigenvalue weighted by molar-refractivity contribution is -0.383. The van der Waals surface area contributed by atoms with Gasteiger partial charge in [0.05, 0.1) is 10.2 Å². The van der Waals surface area contributed by atoms with Crippen LogP contribution in [-0.2, 0) is 0 Å². The molecule has 0 aliphatic heterocycles. The van der Waals surface area contributed by atoms with Gasteiger partial charge in [0, 0.05) is 6.07 Å². The van der Waals surface area contributed by atoms with Crippen molar-refractivity contribution in [1.82, 2.24) is 0 Å². The van der Waals surface area contributed by atoms with Crippen LogP contribution >= 0.6 is 9.24 Å². The third kappa shape index (κ3) is 1.92. The molecular formula is C7H4F2NO4P. The zero-order valence-electron chi connectivity index (χ0n) is 7.03. The Hall–Kier alpha value is -1.62. The SMILES string of the molecule is O=C(O)c1cc([N+](=O)[O-])c(P)c(F)c1F. The van der Waals surface area contributed by atoms with Crippen molar-refractivity contribution < 1.29 is 23.6 Å². The van der Waals surface area contributed by atoms with Crippen LogP contribution in [0.25, 0.3) is 0 Å². The number of aromatic carboxylic acids is 1. The molecule has 1 unspecified atom stereocenters. The van der Waals surface area contributed by atoms with Gasteiger partial charge in [-0.2, -0.15) is 0 Å². The fraction of sp³-hybridized carbons (Fsp3) is 0. The van der Waals surface area contributed by atoms with E-state index in [4.69, 9.17) is 5.11 Å². The molecule has 0 bridgehead atoms. The molecular weight excluding hydrogens is 231 g/mol. The van der Waals surface area contributed by atoms with Gasteiger partial charge in [-0.1, -0.05) is 9.24 Å². The summed E-state index contributed by atoms with van der Waals surface area (Å²) >= 11 is 0. The highest BCUT2D eigenvalue weighted by Crippen LogP contribution is 2.20. The summed E-state index contributed by atoms with van der Waals surface area (Å²) in [4.78, 5) is 19.8. The number of carboxylic acid groups (broad SMARTS) is 1. The minimum absolute atomic E-state index is 0.475. The first kappa shape index (κ1) is 11.5. The van der Waals surface area contributed by atoms with Crippen molar-refractivity contribution in [1.29, 1.82) is 0 Å². The first-order valence-electron chi connectivity index (χ1n) is 3.51. The van der Waals surface area contributed by atoms with E-state index in [9.17, 15) is 23.7 Å². The Kier molecular flexibility index (Phi) is 2.95. The van der Waals surface area contributed by atoms with Crippen molar-refractivity contribution >= 4 is 26.2 Å². The van der Waals surface area contributed by atoms with E-state index in [1.807, 2.05) is 0 Å². The third-order valence-corrected chi connectivity index (χ3v) is 2.20. The average Bonchev–Trinajstić information content (AvgIpc) is 2.13. The second kappa shape index (κ2) is 3.86. The van der Waals surface area contributed by atoms with Crippen molar-refractivity contribution in [2.24, 2.45) is 0 Å². The summed E-state index contributed by atoms with van der Waals surface area (Å²) in [5.74, 6) is -4.93. The number of halogens is 2. The van der Waals surface area contributed by atoms with Crippen molar-refractivity contribution in [3.05, 3.63) is 33.4 Å². The highest BCUT2D eigenvalue weighted by atomic mass is 31.0. The van der Waals surface area contributed by atoms with Crippen molar-refractivity contribution in [3.63, 3.8) is 0 Å². The molecule has 5 nitrogen and oxygen atoms in total. The molecule has 1 N–H and O–H groups in total. The predicted octanol–water partition coefficient (Wildman–Crippen LogP) is 1.07. The molecule has 0 radical (unpaired) electrons. The molecule has 0 saturated heterocycles. The number of carboxylic acids is 1. The highest BCUT2D eigenvalue weighted by Gasteiger charge is 2.25. The second-order valence-corrected chi connectivity index (χ2v) is 3.12. The first-order chi connectivity index (χ1) is 6.86. The number of hydrogen-bond donors (Lipinski definition) is 1. The number of benzene rings is 1. The molecule has 0 heterocycles. The van der Waals surface area contributed by atoms with Crippen LogP contribution in [0.15, 0.2) is 6.07 Å². The molecule has 0 fully saturated rings. The topological polar surface area (TPSA) is 80.4 Å². The van der Waals surface area contributed by atoms with Gasteiger partial charge in [-0.15, -0.1) is 0 Å². The molecule has 0 aromatic heterocycles. The first-order valence-corrected chi connectivity index (χ1v) is 4.09. The Bertz CT molecular complexity index is 425. The highest BCUT2D eigenvalue weighted by molar-refractivity contribution is 7.28. The maximum absolute atomic E-state index is 13.0. The van der Waals surface area contributed by atoms with Gasteiger partial charge in [0.15, 0.2) is 11.6 Å². The number of nitro groups is 1. The Labute approximate surface area is 84.1 Å². The van der Waals surface area contributed by atoms with Crippen LogP contribution in [0, 0.1) is 21.7 Å². The molecule has 8 heteroatoms. The maximum atomic E-state index is 13.0. The standard InChI is InChI=1S/C7H4F2NO4P/c8-4-2(7(11)12)1-3(10(13)14)6(15)5(4)9/h1H,15H2,(H,11,12). The zero-order valence-corrected chi connectivity index (χ0v) is 8.18. The van der Waals surface area contributed by atoms with E-state index in [0.717, 1.165) is 0 Å². The summed E-state index contributed by atoms with van der Waals surface area (Å²) < 4.78 is 26.0. The van der Waals surface area contributed by atoms with Crippen LogP contribution in [0.3, 0.4) is 0 Å². The van der Waals surface area contributed by atoms with E-state index in [1.54, 1.807) is 9.24 Å². The summed E-state index contributed by atoms with van der Waals surface area (Å²) in [5.41, 5.74) is -1.86. The number of rotatable bonds is 2. The smallest absolute Gasteiger partial charge is 0.339 e. The van der Waals surface area contributed by atoms with Gasteiger partial charge in [-0.25, -0.2) is 13.6 Å². The number of hydrogen-bond acceptors (Lipinski definition) is 3. The Morgan fingerprint density at radius 2 is 2.00 bits per heavy atom. The normalized spacial score (nSPS) is 10.1. The van der Waals surface area contributed by atoms with E-state index in [1.165, 1.54) is 0 Å². The molecule has 1 atom stereocenters. The van der Waals surface area contributed by atoms with Crippen LogP contribution in [0.1, 0.15) is 10.4 Å². The van der Waals surface area contributed by atoms with E-state index < -0.39 is 39.1 Å². The molecule has 1 aromatic rings. The number of nitrogens with zero attached hydrogens (tertiary/aromatic N) is 1. The Morgan fingerprint density at radius 1 is 1.47 bits per heavy atom. The summed E-state index contributed by atoms with van der Waals surface area (Å²) in [6.45, 7) is 0. The fourth-order valence-corrected chi connectivity index (χ4v) is 1.25. The number of nitro benzene ring substituents is 1. The molecule has 0 amide bonds.